The molecule has 0 saturated heterocycles. The molecule has 0 bridgehead atoms. The fourth-order valence-electron chi connectivity index (χ4n) is 0.149. The first-order chi connectivity index (χ1) is 3.13. The number of carboxylic acids is 1. The lowest BCUT2D eigenvalue weighted by Crippen LogP contribution is -2.15. The van der Waals surface area contributed by atoms with Gasteiger partial charge in [0.05, 0.1) is 0 Å². The fourth-order valence-corrected chi connectivity index (χ4v) is 0.149. The Bertz CT molecular complexity index is 86.4. The molecule has 0 aliphatic heterocycles. The molecule has 40 valence electrons. The Balaban J connectivity index is 3.32. The first-order valence-electron chi connectivity index (χ1n) is 1.63. The van der Waals surface area contributed by atoms with Gasteiger partial charge in [-0.2, -0.15) is 0 Å². The monoisotopic (exact) mass is 103 g/mol. The molecule has 0 aliphatic rings. The lowest BCUT2D eigenvalue weighted by Gasteiger charge is -1.81. The molecule has 3 N–H and O–H groups in total. The molecule has 0 saturated carbocycles. The van der Waals surface area contributed by atoms with Crippen LogP contribution in [0.5, 0.6) is 0 Å². The molecule has 0 heterocycles. The highest BCUT2D eigenvalue weighted by Crippen LogP contribution is 1.71. The van der Waals surface area contributed by atoms with Gasteiger partial charge in [-0.25, -0.2) is 0 Å². The van der Waals surface area contributed by atoms with Gasteiger partial charge in [-0.3, -0.25) is 9.59 Å². The number of primary amides is 1. The van der Waals surface area contributed by atoms with Crippen LogP contribution in [0.3, 0.4) is 0 Å². The Kier molecular flexibility index (Phi) is 1.84. The number of carbonyl (C=O) groups excluding carboxylic acids is 1. The van der Waals surface area contributed by atoms with E-state index in [4.69, 9.17) is 5.11 Å². The van der Waals surface area contributed by atoms with Gasteiger partial charge < -0.3 is 10.8 Å². The van der Waals surface area contributed by atoms with Crippen LogP contribution in [0.25, 0.3) is 0 Å². The molecule has 0 radical (unpaired) electrons. The van der Waals surface area contributed by atoms with Gasteiger partial charge in [0.15, 0.2) is 0 Å². The molecule has 0 aromatic heterocycles. The van der Waals surface area contributed by atoms with E-state index in [2.05, 4.69) is 5.73 Å². The summed E-state index contributed by atoms with van der Waals surface area (Å²) in [4.78, 5) is 19.2. The number of carbonyl (C=O) groups is 2. The van der Waals surface area contributed by atoms with Crippen molar-refractivity contribution in [3.05, 3.63) is 0 Å². The summed E-state index contributed by atoms with van der Waals surface area (Å²) in [6, 6.07) is 0. The van der Waals surface area contributed by atoms with Gasteiger partial charge in [0.2, 0.25) is 5.91 Å². The van der Waals surface area contributed by atoms with Crippen molar-refractivity contribution in [1.82, 2.24) is 0 Å². The van der Waals surface area contributed by atoms with Crippen molar-refractivity contribution < 1.29 is 14.7 Å². The summed E-state index contributed by atoms with van der Waals surface area (Å²) in [6.45, 7) is 0. The maximum Gasteiger partial charge on any atom is 0.312 e. The predicted octanol–water partition coefficient (Wildman–Crippen LogP) is -1.05. The van der Waals surface area contributed by atoms with Crippen molar-refractivity contribution in [2.24, 2.45) is 5.73 Å². The van der Waals surface area contributed by atoms with E-state index in [9.17, 15) is 9.59 Å². The molecule has 0 aliphatic carbocycles. The minimum Gasteiger partial charge on any atom is -0.481 e. The van der Waals surface area contributed by atoms with E-state index in [1.54, 1.807) is 0 Å². The van der Waals surface area contributed by atoms with Crippen molar-refractivity contribution in [3.8, 4) is 0 Å². The van der Waals surface area contributed by atoms with Gasteiger partial charge in [0, 0.05) is 0 Å². The molecule has 0 aromatic carbocycles. The molecule has 7 heavy (non-hydrogen) atoms. The van der Waals surface area contributed by atoms with Crippen LogP contribution >= 0.6 is 0 Å². The maximum absolute atomic E-state index is 9.65. The van der Waals surface area contributed by atoms with Crippen molar-refractivity contribution in [2.75, 3.05) is 0 Å². The van der Waals surface area contributed by atoms with E-state index < -0.39 is 18.3 Å². The van der Waals surface area contributed by atoms with Crippen LogP contribution in [0.4, 0.5) is 0 Å². The summed E-state index contributed by atoms with van der Waals surface area (Å²) in [7, 11) is 0. The average molecular weight is 103 g/mol. The lowest BCUT2D eigenvalue weighted by molar-refractivity contribution is -0.139. The second-order valence-corrected chi connectivity index (χ2v) is 1.04. The summed E-state index contributed by atoms with van der Waals surface area (Å²) in [5.41, 5.74) is 4.47. The average Bonchev–Trinajstić information content (AvgIpc) is 1.27. The van der Waals surface area contributed by atoms with Crippen molar-refractivity contribution >= 4 is 11.9 Å². The molecule has 0 fully saturated rings. The number of aliphatic carboxylic acids is 1. The highest BCUT2D eigenvalue weighted by molar-refractivity contribution is 5.92. The van der Waals surface area contributed by atoms with Gasteiger partial charge >= 0.3 is 5.97 Å². The van der Waals surface area contributed by atoms with Crippen LogP contribution < -0.4 is 5.73 Å². The number of hydrogen-bond acceptors (Lipinski definition) is 2. The van der Waals surface area contributed by atoms with Gasteiger partial charge in [-0.1, -0.05) is 0 Å². The van der Waals surface area contributed by atoms with Crippen LogP contribution in [0, 0.1) is 0 Å². The Morgan fingerprint density at radius 2 is 2.00 bits per heavy atom. The summed E-state index contributed by atoms with van der Waals surface area (Å²) >= 11 is 0. The molecular formula is C3H5NO3. The van der Waals surface area contributed by atoms with Gasteiger partial charge in [-0.15, -0.1) is 0 Å². The van der Waals surface area contributed by atoms with E-state index >= 15 is 0 Å². The molecule has 1 amide bonds. The molecule has 4 nitrogen and oxygen atoms in total. The third-order valence-electron chi connectivity index (χ3n) is 0.325. The summed E-state index contributed by atoms with van der Waals surface area (Å²) in [5, 5.41) is 7.78. The van der Waals surface area contributed by atoms with E-state index in [1.165, 1.54) is 0 Å². The number of nitrogens with two attached hydrogens (primary N) is 1. The normalized spacial score (nSPS) is 8.00. The van der Waals surface area contributed by atoms with Gasteiger partial charge in [0.25, 0.3) is 0 Å². The zero-order valence-electron chi connectivity index (χ0n) is 3.55. The highest BCUT2D eigenvalue weighted by Gasteiger charge is 1.99. The third kappa shape index (κ3) is 4.94. The zero-order chi connectivity index (χ0) is 5.86. The Morgan fingerprint density at radius 3 is 2.00 bits per heavy atom. The molecular weight excluding hydrogens is 98.0 g/mol. The van der Waals surface area contributed by atoms with Crippen molar-refractivity contribution in [1.29, 1.82) is 0 Å². The van der Waals surface area contributed by atoms with Crippen LogP contribution in [-0.4, -0.2) is 17.0 Å². The standard InChI is InChI=1S/C3H5NO3/c4-2(5)1-3(6)7/h1H2,(H2,4,5)(H,6,7). The maximum atomic E-state index is 9.65. The van der Waals surface area contributed by atoms with Crippen LogP contribution in [0.15, 0.2) is 0 Å². The largest absolute Gasteiger partial charge is 0.481 e. The molecule has 0 unspecified atom stereocenters. The Hall–Kier alpha value is -1.06. The van der Waals surface area contributed by atoms with E-state index in [1.807, 2.05) is 0 Å². The quantitative estimate of drug-likeness (QED) is 0.437. The van der Waals surface area contributed by atoms with Crippen LogP contribution in [0.2, 0.25) is 0 Å². The minimum absolute atomic E-state index is 0.583. The van der Waals surface area contributed by atoms with Crippen LogP contribution in [-0.2, 0) is 9.59 Å². The molecule has 0 rings (SSSR count). The topological polar surface area (TPSA) is 80.4 Å². The smallest absolute Gasteiger partial charge is 0.312 e. The van der Waals surface area contributed by atoms with Gasteiger partial charge in [-0.05, 0) is 0 Å². The number of hydrogen-bond donors (Lipinski definition) is 2. The second kappa shape index (κ2) is 2.17. The van der Waals surface area contributed by atoms with Gasteiger partial charge in [0.1, 0.15) is 6.42 Å². The number of carboxylic acid groups (broad SMARTS) is 1. The molecule has 0 aromatic rings. The molecule has 4 heteroatoms. The minimum atomic E-state index is -1.19. The highest BCUT2D eigenvalue weighted by atomic mass is 16.4. The SMILES string of the molecule is NC(=O)CC(=O)O. The third-order valence-corrected chi connectivity index (χ3v) is 0.325. The Labute approximate surface area is 39.9 Å². The first-order valence-corrected chi connectivity index (χ1v) is 1.63. The first kappa shape index (κ1) is 5.94. The van der Waals surface area contributed by atoms with Crippen LogP contribution in [0.1, 0.15) is 6.42 Å². The zero-order valence-corrected chi connectivity index (χ0v) is 3.55. The van der Waals surface area contributed by atoms with Crippen molar-refractivity contribution in [2.45, 2.75) is 6.42 Å². The molecule has 0 spiro atoms. The van der Waals surface area contributed by atoms with Crippen molar-refractivity contribution in [3.63, 3.8) is 0 Å². The Morgan fingerprint density at radius 1 is 1.57 bits per heavy atom. The summed E-state index contributed by atoms with van der Waals surface area (Å²) in [6.07, 6.45) is -0.583. The lowest BCUT2D eigenvalue weighted by atomic mass is 10.4. The number of rotatable bonds is 2. The predicted molar refractivity (Wildman–Crippen MR) is 21.4 cm³/mol. The number of amides is 1. The fraction of sp³-hybridized carbons (Fsp3) is 0.333. The second-order valence-electron chi connectivity index (χ2n) is 1.04. The van der Waals surface area contributed by atoms with E-state index in [0.29, 0.717) is 0 Å². The van der Waals surface area contributed by atoms with E-state index in [0.717, 1.165) is 0 Å². The summed E-state index contributed by atoms with van der Waals surface area (Å²) < 4.78 is 0. The summed E-state index contributed by atoms with van der Waals surface area (Å²) in [5.74, 6) is -2.00. The molecule has 0 atom stereocenters. The van der Waals surface area contributed by atoms with E-state index in [-0.39, 0.29) is 0 Å².